The Balaban J connectivity index is 1.64. The Bertz CT molecular complexity index is 1410. The summed E-state index contributed by atoms with van der Waals surface area (Å²) in [5, 5.41) is 13.8. The maximum absolute atomic E-state index is 13.1. The summed E-state index contributed by atoms with van der Waals surface area (Å²) >= 11 is 0. The largest absolute Gasteiger partial charge is 0.497 e. The van der Waals surface area contributed by atoms with Crippen LogP contribution in [0.3, 0.4) is 0 Å². The number of ketones is 1. The van der Waals surface area contributed by atoms with E-state index in [9.17, 15) is 4.79 Å². The van der Waals surface area contributed by atoms with Gasteiger partial charge in [-0.05, 0) is 53.6 Å². The number of carbonyl (C=O) groups excluding carboxylic acids is 1. The molecule has 180 valence electrons. The highest BCUT2D eigenvalue weighted by Crippen LogP contribution is 2.38. The third kappa shape index (κ3) is 3.88. The Morgan fingerprint density at radius 2 is 1.66 bits per heavy atom. The van der Waals surface area contributed by atoms with Gasteiger partial charge in [-0.2, -0.15) is 5.10 Å². The van der Waals surface area contributed by atoms with Crippen molar-refractivity contribution in [2.75, 3.05) is 21.3 Å². The minimum atomic E-state index is -0.0342. The topological polar surface area (TPSA) is 87.8 Å². The average molecular weight is 473 g/mol. The number of Topliss-reactive ketones (excluding diaryl/α,β-unsaturated/α-hetero) is 1. The molecule has 0 fully saturated rings. The third-order valence-electron chi connectivity index (χ3n) is 6.60. The smallest absolute Gasteiger partial charge is 0.185 e. The number of hydrogen-bond acceptors (Lipinski definition) is 7. The maximum Gasteiger partial charge on any atom is 0.185 e. The summed E-state index contributed by atoms with van der Waals surface area (Å²) in [5.74, 6) is 2.17. The van der Waals surface area contributed by atoms with Crippen LogP contribution < -0.4 is 14.2 Å². The molecule has 1 aliphatic carbocycles. The van der Waals surface area contributed by atoms with E-state index >= 15 is 0 Å². The monoisotopic (exact) mass is 472 g/mol. The number of fused-ring (bicyclic) bond motifs is 3. The van der Waals surface area contributed by atoms with Gasteiger partial charge in [-0.25, -0.2) is 4.52 Å². The van der Waals surface area contributed by atoms with Gasteiger partial charge < -0.3 is 14.2 Å². The molecular weight excluding hydrogens is 444 g/mol. The van der Waals surface area contributed by atoms with Crippen molar-refractivity contribution in [3.8, 4) is 28.4 Å². The van der Waals surface area contributed by atoms with Gasteiger partial charge in [-0.1, -0.05) is 32.0 Å². The number of rotatable bonds is 6. The summed E-state index contributed by atoms with van der Waals surface area (Å²) in [7, 11) is 4.87. The van der Waals surface area contributed by atoms with Gasteiger partial charge in [0.2, 0.25) is 0 Å². The number of aromatic nitrogens is 4. The quantitative estimate of drug-likeness (QED) is 0.396. The molecule has 0 amide bonds. The lowest BCUT2D eigenvalue weighted by Crippen LogP contribution is -2.24. The van der Waals surface area contributed by atoms with Gasteiger partial charge in [0.05, 0.1) is 38.3 Å². The minimum Gasteiger partial charge on any atom is -0.497 e. The summed E-state index contributed by atoms with van der Waals surface area (Å²) in [5.41, 5.74) is 5.67. The van der Waals surface area contributed by atoms with Crippen molar-refractivity contribution in [3.05, 3.63) is 65.1 Å². The molecule has 4 aromatic rings. The molecule has 0 saturated heterocycles. The molecule has 1 aliphatic rings. The second-order valence-corrected chi connectivity index (χ2v) is 9.02. The Hall–Kier alpha value is -3.94. The van der Waals surface area contributed by atoms with Gasteiger partial charge in [0, 0.05) is 6.42 Å². The van der Waals surface area contributed by atoms with E-state index in [1.807, 2.05) is 47.0 Å². The molecule has 2 heterocycles. The Kier molecular flexibility index (Phi) is 5.88. The van der Waals surface area contributed by atoms with E-state index < -0.39 is 0 Å². The van der Waals surface area contributed by atoms with Crippen LogP contribution in [0.1, 0.15) is 59.5 Å². The van der Waals surface area contributed by atoms with Gasteiger partial charge in [-0.3, -0.25) is 4.79 Å². The lowest BCUT2D eigenvalue weighted by atomic mass is 9.83. The van der Waals surface area contributed by atoms with Gasteiger partial charge in [0.1, 0.15) is 5.75 Å². The molecule has 2 aromatic carbocycles. The zero-order chi connectivity index (χ0) is 24.7. The minimum absolute atomic E-state index is 0.0293. The summed E-state index contributed by atoms with van der Waals surface area (Å²) in [6, 6.07) is 13.7. The highest BCUT2D eigenvalue weighted by molar-refractivity contribution is 5.97. The zero-order valence-electron chi connectivity index (χ0n) is 20.5. The molecule has 1 atom stereocenters. The van der Waals surface area contributed by atoms with Gasteiger partial charge >= 0.3 is 0 Å². The highest BCUT2D eigenvalue weighted by atomic mass is 16.5. The fourth-order valence-electron chi connectivity index (χ4n) is 4.77. The molecular formula is C27H28N4O4. The van der Waals surface area contributed by atoms with E-state index in [0.717, 1.165) is 33.8 Å². The van der Waals surface area contributed by atoms with Crippen LogP contribution in [0.25, 0.3) is 16.8 Å². The van der Waals surface area contributed by atoms with Crippen LogP contribution in [0.15, 0.2) is 42.5 Å². The fourth-order valence-corrected chi connectivity index (χ4v) is 4.77. The van der Waals surface area contributed by atoms with Crippen molar-refractivity contribution in [3.63, 3.8) is 0 Å². The first-order chi connectivity index (χ1) is 16.9. The second-order valence-electron chi connectivity index (χ2n) is 9.02. The number of methoxy groups -OCH3 is 3. The van der Waals surface area contributed by atoms with Crippen LogP contribution >= 0.6 is 0 Å². The number of hydrogen-bond donors (Lipinski definition) is 0. The predicted molar refractivity (Wildman–Crippen MR) is 132 cm³/mol. The van der Waals surface area contributed by atoms with Crippen molar-refractivity contribution in [1.29, 1.82) is 0 Å². The van der Waals surface area contributed by atoms with Crippen LogP contribution in [0, 0.1) is 0 Å². The summed E-state index contributed by atoms with van der Waals surface area (Å²) in [6.07, 6.45) is 0.968. The molecule has 0 unspecified atom stereocenters. The van der Waals surface area contributed by atoms with Gasteiger partial charge in [0.25, 0.3) is 0 Å². The highest BCUT2D eigenvalue weighted by Gasteiger charge is 2.32. The van der Waals surface area contributed by atoms with Gasteiger partial charge in [-0.15, -0.1) is 10.2 Å². The Morgan fingerprint density at radius 1 is 0.914 bits per heavy atom. The number of nitrogens with zero attached hydrogens (tertiary/aromatic N) is 4. The zero-order valence-corrected chi connectivity index (χ0v) is 20.5. The van der Waals surface area contributed by atoms with Crippen LogP contribution in [0.5, 0.6) is 17.2 Å². The second kappa shape index (κ2) is 9.02. The van der Waals surface area contributed by atoms with E-state index in [1.54, 1.807) is 21.3 Å². The van der Waals surface area contributed by atoms with Gasteiger partial charge in [0.15, 0.2) is 28.6 Å². The summed E-state index contributed by atoms with van der Waals surface area (Å²) in [4.78, 5) is 13.1. The van der Waals surface area contributed by atoms with Crippen LogP contribution in [0.4, 0.5) is 0 Å². The first-order valence-corrected chi connectivity index (χ1v) is 11.6. The molecule has 8 heteroatoms. The molecule has 0 bridgehead atoms. The molecule has 0 saturated carbocycles. The summed E-state index contributed by atoms with van der Waals surface area (Å²) < 4.78 is 18.0. The normalized spacial score (nSPS) is 15.4. The maximum atomic E-state index is 13.1. The molecule has 0 aliphatic heterocycles. The molecule has 0 spiro atoms. The van der Waals surface area contributed by atoms with Crippen molar-refractivity contribution in [2.24, 2.45) is 0 Å². The molecule has 8 nitrogen and oxygen atoms in total. The van der Waals surface area contributed by atoms with Crippen LogP contribution in [0.2, 0.25) is 0 Å². The summed E-state index contributed by atoms with van der Waals surface area (Å²) in [6.45, 7) is 4.21. The Morgan fingerprint density at radius 3 is 2.31 bits per heavy atom. The van der Waals surface area contributed by atoms with E-state index in [0.29, 0.717) is 35.7 Å². The number of ether oxygens (including phenoxy) is 3. The first kappa shape index (κ1) is 22.8. The van der Waals surface area contributed by atoms with E-state index in [4.69, 9.17) is 19.3 Å². The van der Waals surface area contributed by atoms with Crippen molar-refractivity contribution < 1.29 is 19.0 Å². The lowest BCUT2D eigenvalue weighted by molar-refractivity contribution is 0.0955. The van der Waals surface area contributed by atoms with E-state index in [1.165, 1.54) is 0 Å². The third-order valence-corrected chi connectivity index (χ3v) is 6.60. The van der Waals surface area contributed by atoms with Crippen molar-refractivity contribution in [1.82, 2.24) is 19.8 Å². The fraction of sp³-hybridized carbons (Fsp3) is 0.333. The number of benzene rings is 2. The average Bonchev–Trinajstić information content (AvgIpc) is 3.29. The van der Waals surface area contributed by atoms with Crippen LogP contribution in [-0.2, 0) is 6.42 Å². The van der Waals surface area contributed by atoms with E-state index in [2.05, 4.69) is 24.0 Å². The standard InChI is InChI=1S/C27H28N4O4/c1-15(2)25-24(16-6-9-19(33-3)10-7-16)27-29-28-26-20(31(27)30-25)12-18(13-21(26)32)17-8-11-22(34-4)23(14-17)35-5/h6-11,14-15,18H,12-13H2,1-5H3/t18-/m1/s1. The molecule has 0 N–H and O–H groups in total. The van der Waals surface area contributed by atoms with Crippen molar-refractivity contribution in [2.45, 2.75) is 38.5 Å². The van der Waals surface area contributed by atoms with Crippen molar-refractivity contribution >= 4 is 11.4 Å². The molecule has 35 heavy (non-hydrogen) atoms. The molecule has 0 radical (unpaired) electrons. The lowest BCUT2D eigenvalue weighted by Gasteiger charge is -2.24. The Labute approximate surface area is 203 Å². The SMILES string of the molecule is COc1ccc(-c2c(C(C)C)nn3c4c(nnc23)C(=O)C[C@H](c2ccc(OC)c(OC)c2)C4)cc1. The molecule has 5 rings (SSSR count). The predicted octanol–water partition coefficient (Wildman–Crippen LogP) is 4.85. The number of carbonyl (C=O) groups is 1. The van der Waals surface area contributed by atoms with Crippen LogP contribution in [-0.4, -0.2) is 46.9 Å². The van der Waals surface area contributed by atoms with E-state index in [-0.39, 0.29) is 17.6 Å². The molecule has 2 aromatic heterocycles. The first-order valence-electron chi connectivity index (χ1n) is 11.6.